The summed E-state index contributed by atoms with van der Waals surface area (Å²) in [5, 5.41) is 2.47. The zero-order valence-electron chi connectivity index (χ0n) is 11.4. The summed E-state index contributed by atoms with van der Waals surface area (Å²) in [6, 6.07) is 7.37. The van der Waals surface area contributed by atoms with Crippen LogP contribution in [0.1, 0.15) is 10.4 Å². The van der Waals surface area contributed by atoms with Gasteiger partial charge in [-0.15, -0.1) is 0 Å². The monoisotopic (exact) mass is 293 g/mol. The Balaban J connectivity index is 2.25. The number of ether oxygens (including phenoxy) is 2. The number of amides is 1. The highest BCUT2D eigenvalue weighted by molar-refractivity contribution is 6.04. The van der Waals surface area contributed by atoms with Gasteiger partial charge in [-0.05, 0) is 30.3 Å². The zero-order valence-corrected chi connectivity index (χ0v) is 11.4. The molecule has 0 spiro atoms. The number of carbonyl (C=O) groups is 1. The lowest BCUT2D eigenvalue weighted by atomic mass is 10.2. The van der Waals surface area contributed by atoms with Crippen molar-refractivity contribution in [2.45, 2.75) is 0 Å². The van der Waals surface area contributed by atoms with Gasteiger partial charge in [0.2, 0.25) is 0 Å². The lowest BCUT2D eigenvalue weighted by molar-refractivity contribution is 0.102. The van der Waals surface area contributed by atoms with Crippen LogP contribution in [0.25, 0.3) is 0 Å². The molecule has 4 nitrogen and oxygen atoms in total. The molecule has 1 amide bonds. The lowest BCUT2D eigenvalue weighted by Crippen LogP contribution is -2.14. The van der Waals surface area contributed by atoms with Crippen molar-refractivity contribution in [1.82, 2.24) is 0 Å². The highest BCUT2D eigenvalue weighted by Crippen LogP contribution is 2.30. The molecule has 0 radical (unpaired) electrons. The molecular formula is C15H13F2NO3. The van der Waals surface area contributed by atoms with Crippen LogP contribution in [0.15, 0.2) is 36.4 Å². The summed E-state index contributed by atoms with van der Waals surface area (Å²) in [5.41, 5.74) is 0.00564. The topological polar surface area (TPSA) is 47.6 Å². The molecule has 0 aromatic heterocycles. The molecule has 1 N–H and O–H groups in total. The minimum absolute atomic E-state index is 0.371. The molecule has 0 saturated carbocycles. The quantitative estimate of drug-likeness (QED) is 0.941. The first kappa shape index (κ1) is 14.8. The van der Waals surface area contributed by atoms with Gasteiger partial charge in [0.15, 0.2) is 11.5 Å². The third-order valence-electron chi connectivity index (χ3n) is 2.81. The lowest BCUT2D eigenvalue weighted by Gasteiger charge is -2.11. The highest BCUT2D eigenvalue weighted by atomic mass is 19.1. The smallest absolute Gasteiger partial charge is 0.258 e. The van der Waals surface area contributed by atoms with Gasteiger partial charge in [-0.1, -0.05) is 0 Å². The number of benzene rings is 2. The van der Waals surface area contributed by atoms with Crippen LogP contribution in [-0.2, 0) is 0 Å². The molecule has 0 atom stereocenters. The van der Waals surface area contributed by atoms with E-state index in [1.54, 1.807) is 12.1 Å². The van der Waals surface area contributed by atoms with Crippen molar-refractivity contribution >= 4 is 11.6 Å². The number of methoxy groups -OCH3 is 2. The van der Waals surface area contributed by atoms with Crippen LogP contribution in [0.4, 0.5) is 14.5 Å². The van der Waals surface area contributed by atoms with Crippen LogP contribution in [0.3, 0.4) is 0 Å². The Bertz CT molecular complexity index is 674. The van der Waals surface area contributed by atoms with Gasteiger partial charge in [-0.2, -0.15) is 0 Å². The second kappa shape index (κ2) is 6.21. The van der Waals surface area contributed by atoms with Crippen LogP contribution in [-0.4, -0.2) is 20.1 Å². The van der Waals surface area contributed by atoms with Gasteiger partial charge in [0.1, 0.15) is 11.6 Å². The maximum Gasteiger partial charge on any atom is 0.258 e. The number of nitrogens with one attached hydrogen (secondary N) is 1. The summed E-state index contributed by atoms with van der Waals surface area (Å²) in [4.78, 5) is 12.0. The minimum atomic E-state index is -0.797. The predicted molar refractivity (Wildman–Crippen MR) is 73.9 cm³/mol. The standard InChI is InChI=1S/C15H13F2NO3/c1-20-13-6-4-10(8-14(13)21-2)18-15(19)11-7-9(16)3-5-12(11)17/h3-8H,1-2H3,(H,18,19). The fourth-order valence-corrected chi connectivity index (χ4v) is 1.78. The van der Waals surface area contributed by atoms with Gasteiger partial charge in [-0.25, -0.2) is 8.78 Å². The van der Waals surface area contributed by atoms with Crippen molar-refractivity contribution < 1.29 is 23.0 Å². The van der Waals surface area contributed by atoms with Crippen molar-refractivity contribution in [1.29, 1.82) is 0 Å². The molecule has 0 heterocycles. The first-order valence-electron chi connectivity index (χ1n) is 6.03. The van der Waals surface area contributed by atoms with Gasteiger partial charge >= 0.3 is 0 Å². The van der Waals surface area contributed by atoms with Crippen LogP contribution in [0, 0.1) is 11.6 Å². The Morgan fingerprint density at radius 2 is 1.71 bits per heavy atom. The number of carbonyl (C=O) groups excluding carboxylic acids is 1. The van der Waals surface area contributed by atoms with Gasteiger partial charge in [0, 0.05) is 11.8 Å². The van der Waals surface area contributed by atoms with Gasteiger partial charge < -0.3 is 14.8 Å². The largest absolute Gasteiger partial charge is 0.493 e. The second-order valence-electron chi connectivity index (χ2n) is 4.15. The highest BCUT2D eigenvalue weighted by Gasteiger charge is 2.14. The number of hydrogen-bond donors (Lipinski definition) is 1. The van der Waals surface area contributed by atoms with Crippen molar-refractivity contribution in [3.8, 4) is 11.5 Å². The number of halogens is 2. The van der Waals surface area contributed by atoms with E-state index < -0.39 is 17.5 Å². The SMILES string of the molecule is COc1ccc(NC(=O)c2cc(F)ccc2F)cc1OC. The number of anilines is 1. The molecule has 6 heteroatoms. The van der Waals surface area contributed by atoms with Crippen molar-refractivity contribution in [2.24, 2.45) is 0 Å². The second-order valence-corrected chi connectivity index (χ2v) is 4.15. The van der Waals surface area contributed by atoms with Crippen molar-refractivity contribution in [3.05, 3.63) is 53.6 Å². The van der Waals surface area contributed by atoms with Crippen LogP contribution in [0.5, 0.6) is 11.5 Å². The Kier molecular flexibility index (Phi) is 4.37. The molecule has 2 rings (SSSR count). The molecule has 0 unspecified atom stereocenters. The van der Waals surface area contributed by atoms with E-state index in [9.17, 15) is 13.6 Å². The normalized spacial score (nSPS) is 10.1. The molecule has 21 heavy (non-hydrogen) atoms. The first-order valence-corrected chi connectivity index (χ1v) is 6.03. The maximum atomic E-state index is 13.5. The van der Waals surface area contributed by atoms with E-state index in [1.165, 1.54) is 20.3 Å². The summed E-state index contributed by atoms with van der Waals surface area (Å²) in [6.07, 6.45) is 0. The summed E-state index contributed by atoms with van der Waals surface area (Å²) in [7, 11) is 2.94. The molecule has 2 aromatic rings. The van der Waals surface area contributed by atoms with Gasteiger partial charge in [-0.3, -0.25) is 4.79 Å². The van der Waals surface area contributed by atoms with Crippen LogP contribution >= 0.6 is 0 Å². The average molecular weight is 293 g/mol. The molecule has 0 fully saturated rings. The average Bonchev–Trinajstić information content (AvgIpc) is 2.49. The summed E-state index contributed by atoms with van der Waals surface area (Å²) in [5.74, 6) is -1.33. The minimum Gasteiger partial charge on any atom is -0.493 e. The van der Waals surface area contributed by atoms with E-state index in [0.29, 0.717) is 17.2 Å². The first-order chi connectivity index (χ1) is 10.0. The fraction of sp³-hybridized carbons (Fsp3) is 0.133. The van der Waals surface area contributed by atoms with E-state index in [2.05, 4.69) is 5.32 Å². The van der Waals surface area contributed by atoms with Gasteiger partial charge in [0.05, 0.1) is 19.8 Å². The molecule has 0 bridgehead atoms. The molecule has 0 aliphatic carbocycles. The third-order valence-corrected chi connectivity index (χ3v) is 2.81. The molecule has 0 aliphatic rings. The molecular weight excluding hydrogens is 280 g/mol. The summed E-state index contributed by atoms with van der Waals surface area (Å²) >= 11 is 0. The molecule has 2 aromatic carbocycles. The zero-order chi connectivity index (χ0) is 15.4. The molecule has 110 valence electrons. The van der Waals surface area contributed by atoms with Crippen molar-refractivity contribution in [2.75, 3.05) is 19.5 Å². The summed E-state index contributed by atoms with van der Waals surface area (Å²) < 4.78 is 36.8. The van der Waals surface area contributed by atoms with E-state index in [0.717, 1.165) is 18.2 Å². The van der Waals surface area contributed by atoms with Crippen molar-refractivity contribution in [3.63, 3.8) is 0 Å². The Hall–Kier alpha value is -2.63. The van der Waals surface area contributed by atoms with Gasteiger partial charge in [0.25, 0.3) is 5.91 Å². The summed E-state index contributed by atoms with van der Waals surface area (Å²) in [6.45, 7) is 0. The van der Waals surface area contributed by atoms with E-state index >= 15 is 0 Å². The number of hydrogen-bond acceptors (Lipinski definition) is 3. The number of rotatable bonds is 4. The Labute approximate surface area is 120 Å². The Morgan fingerprint density at radius 3 is 2.38 bits per heavy atom. The molecule has 0 aliphatic heterocycles. The fourth-order valence-electron chi connectivity index (χ4n) is 1.78. The third kappa shape index (κ3) is 3.28. The predicted octanol–water partition coefficient (Wildman–Crippen LogP) is 3.23. The van der Waals surface area contributed by atoms with E-state index in [4.69, 9.17) is 9.47 Å². The Morgan fingerprint density at radius 1 is 1.00 bits per heavy atom. The maximum absolute atomic E-state index is 13.5. The van der Waals surface area contributed by atoms with E-state index in [1.807, 2.05) is 0 Å². The van der Waals surface area contributed by atoms with E-state index in [-0.39, 0.29) is 5.56 Å². The van der Waals surface area contributed by atoms with Crippen LogP contribution in [0.2, 0.25) is 0 Å². The van der Waals surface area contributed by atoms with Crippen LogP contribution < -0.4 is 14.8 Å². The molecule has 0 saturated heterocycles.